The highest BCUT2D eigenvalue weighted by atomic mass is 79.9. The van der Waals surface area contributed by atoms with Gasteiger partial charge in [-0.15, -0.1) is 0 Å². The number of carbonyl (C=O) groups excluding carboxylic acids is 1. The van der Waals surface area contributed by atoms with E-state index in [9.17, 15) is 4.79 Å². The van der Waals surface area contributed by atoms with E-state index in [-0.39, 0.29) is 5.91 Å². The SMILES string of the molecule is O=C(c1ccc(Br)nc1)N1CCN(c2cnccn2)CC1. The number of nitrogens with zero attached hydrogens (tertiary/aromatic N) is 5. The van der Waals surface area contributed by atoms with Gasteiger partial charge in [-0.05, 0) is 28.1 Å². The van der Waals surface area contributed by atoms with Gasteiger partial charge in [0.05, 0.1) is 11.8 Å². The predicted octanol–water partition coefficient (Wildman–Crippen LogP) is 1.60. The number of hydrogen-bond acceptors (Lipinski definition) is 5. The number of pyridine rings is 1. The van der Waals surface area contributed by atoms with Crippen LogP contribution in [0.2, 0.25) is 0 Å². The van der Waals surface area contributed by atoms with E-state index in [2.05, 4.69) is 35.8 Å². The molecule has 0 bridgehead atoms. The molecule has 0 radical (unpaired) electrons. The van der Waals surface area contributed by atoms with E-state index in [1.165, 1.54) is 0 Å². The van der Waals surface area contributed by atoms with E-state index in [1.807, 2.05) is 4.90 Å². The van der Waals surface area contributed by atoms with Gasteiger partial charge in [-0.1, -0.05) is 0 Å². The van der Waals surface area contributed by atoms with Crippen molar-refractivity contribution in [2.75, 3.05) is 31.1 Å². The van der Waals surface area contributed by atoms with Crippen LogP contribution in [0.4, 0.5) is 5.82 Å². The van der Waals surface area contributed by atoms with Crippen LogP contribution in [0.1, 0.15) is 10.4 Å². The summed E-state index contributed by atoms with van der Waals surface area (Å²) in [5.74, 6) is 0.878. The fraction of sp³-hybridized carbons (Fsp3) is 0.286. The standard InChI is InChI=1S/C14H14BrN5O/c15-12-2-1-11(9-18-12)14(21)20-7-5-19(6-8-20)13-10-16-3-4-17-13/h1-4,9-10H,5-8H2. The Balaban J connectivity index is 1.63. The second-order valence-corrected chi connectivity index (χ2v) is 5.52. The molecule has 108 valence electrons. The van der Waals surface area contributed by atoms with Crippen molar-refractivity contribution in [3.8, 4) is 0 Å². The Hall–Kier alpha value is -2.02. The summed E-state index contributed by atoms with van der Waals surface area (Å²) in [4.78, 5) is 28.8. The maximum atomic E-state index is 12.4. The first-order chi connectivity index (χ1) is 10.2. The third-order valence-corrected chi connectivity index (χ3v) is 3.88. The highest BCUT2D eigenvalue weighted by Crippen LogP contribution is 2.14. The molecule has 0 atom stereocenters. The predicted molar refractivity (Wildman–Crippen MR) is 82.1 cm³/mol. The molecule has 1 amide bonds. The summed E-state index contributed by atoms with van der Waals surface area (Å²) in [5.41, 5.74) is 0.617. The van der Waals surface area contributed by atoms with Crippen molar-refractivity contribution in [2.45, 2.75) is 0 Å². The first kappa shape index (κ1) is 13.9. The molecule has 2 aromatic rings. The van der Waals surface area contributed by atoms with Gasteiger partial charge in [0.1, 0.15) is 10.4 Å². The van der Waals surface area contributed by atoms with Gasteiger partial charge >= 0.3 is 0 Å². The van der Waals surface area contributed by atoms with Crippen molar-refractivity contribution in [2.24, 2.45) is 0 Å². The average molecular weight is 348 g/mol. The summed E-state index contributed by atoms with van der Waals surface area (Å²) in [7, 11) is 0. The minimum absolute atomic E-state index is 0.0220. The van der Waals surface area contributed by atoms with E-state index < -0.39 is 0 Å². The quantitative estimate of drug-likeness (QED) is 0.772. The van der Waals surface area contributed by atoms with Crippen molar-refractivity contribution in [1.82, 2.24) is 19.9 Å². The number of piperazine rings is 1. The van der Waals surface area contributed by atoms with Gasteiger partial charge in [-0.2, -0.15) is 0 Å². The van der Waals surface area contributed by atoms with Crippen LogP contribution in [0.5, 0.6) is 0 Å². The Morgan fingerprint density at radius 2 is 1.86 bits per heavy atom. The highest BCUT2D eigenvalue weighted by Gasteiger charge is 2.22. The maximum absolute atomic E-state index is 12.4. The van der Waals surface area contributed by atoms with Crippen LogP contribution in [0.25, 0.3) is 0 Å². The van der Waals surface area contributed by atoms with Crippen LogP contribution in [-0.4, -0.2) is 51.9 Å². The van der Waals surface area contributed by atoms with Crippen LogP contribution >= 0.6 is 15.9 Å². The molecule has 0 spiro atoms. The molecule has 0 aromatic carbocycles. The zero-order chi connectivity index (χ0) is 14.7. The molecule has 21 heavy (non-hydrogen) atoms. The molecule has 1 aliphatic rings. The van der Waals surface area contributed by atoms with E-state index in [1.54, 1.807) is 36.9 Å². The van der Waals surface area contributed by atoms with E-state index in [4.69, 9.17) is 0 Å². The van der Waals surface area contributed by atoms with Gasteiger partial charge in [0.2, 0.25) is 0 Å². The second kappa shape index (κ2) is 6.17. The van der Waals surface area contributed by atoms with Crippen LogP contribution in [-0.2, 0) is 0 Å². The largest absolute Gasteiger partial charge is 0.352 e. The monoisotopic (exact) mass is 347 g/mol. The lowest BCUT2D eigenvalue weighted by atomic mass is 10.2. The van der Waals surface area contributed by atoms with Crippen LogP contribution in [0.3, 0.4) is 0 Å². The molecule has 0 unspecified atom stereocenters. The van der Waals surface area contributed by atoms with Crippen molar-refractivity contribution in [1.29, 1.82) is 0 Å². The molecule has 3 rings (SSSR count). The van der Waals surface area contributed by atoms with Gasteiger partial charge in [-0.3, -0.25) is 9.78 Å². The van der Waals surface area contributed by atoms with Gasteiger partial charge in [0.15, 0.2) is 0 Å². The van der Waals surface area contributed by atoms with Crippen LogP contribution < -0.4 is 4.90 Å². The zero-order valence-electron chi connectivity index (χ0n) is 11.3. The Labute approximate surface area is 131 Å². The minimum Gasteiger partial charge on any atom is -0.352 e. The second-order valence-electron chi connectivity index (χ2n) is 4.71. The molecule has 1 fully saturated rings. The Bertz CT molecular complexity index is 611. The normalized spacial score (nSPS) is 15.1. The number of hydrogen-bond donors (Lipinski definition) is 0. The Morgan fingerprint density at radius 3 is 2.48 bits per heavy atom. The summed E-state index contributed by atoms with van der Waals surface area (Å²) in [5, 5.41) is 0. The van der Waals surface area contributed by atoms with Crippen LogP contribution in [0, 0.1) is 0 Å². The molecule has 0 saturated carbocycles. The highest BCUT2D eigenvalue weighted by molar-refractivity contribution is 9.10. The molecule has 6 nitrogen and oxygen atoms in total. The van der Waals surface area contributed by atoms with E-state index in [0.29, 0.717) is 18.7 Å². The Morgan fingerprint density at radius 1 is 1.05 bits per heavy atom. The molecule has 0 N–H and O–H groups in total. The number of rotatable bonds is 2. The van der Waals surface area contributed by atoms with Crippen molar-refractivity contribution >= 4 is 27.7 Å². The molecule has 0 aliphatic carbocycles. The summed E-state index contributed by atoms with van der Waals surface area (Å²) in [6.45, 7) is 2.86. The summed E-state index contributed by atoms with van der Waals surface area (Å²) < 4.78 is 0.728. The first-order valence-corrected chi connectivity index (χ1v) is 7.45. The summed E-state index contributed by atoms with van der Waals surface area (Å²) >= 11 is 3.27. The lowest BCUT2D eigenvalue weighted by Gasteiger charge is -2.35. The zero-order valence-corrected chi connectivity index (χ0v) is 12.9. The van der Waals surface area contributed by atoms with Gasteiger partial charge < -0.3 is 9.80 Å². The topological polar surface area (TPSA) is 62.2 Å². The van der Waals surface area contributed by atoms with E-state index >= 15 is 0 Å². The molecular weight excluding hydrogens is 334 g/mol. The Kier molecular flexibility index (Phi) is 4.10. The van der Waals surface area contributed by atoms with Gasteiger partial charge in [0.25, 0.3) is 5.91 Å². The number of amides is 1. The van der Waals surface area contributed by atoms with Crippen LogP contribution in [0.15, 0.2) is 41.5 Å². The van der Waals surface area contributed by atoms with Crippen molar-refractivity contribution < 1.29 is 4.79 Å². The molecule has 1 aliphatic heterocycles. The fourth-order valence-corrected chi connectivity index (χ4v) is 2.51. The third kappa shape index (κ3) is 3.18. The first-order valence-electron chi connectivity index (χ1n) is 6.66. The van der Waals surface area contributed by atoms with Crippen molar-refractivity contribution in [3.05, 3.63) is 47.1 Å². The molecule has 7 heteroatoms. The van der Waals surface area contributed by atoms with Gasteiger partial charge in [-0.25, -0.2) is 9.97 Å². The fourth-order valence-electron chi connectivity index (χ4n) is 2.28. The van der Waals surface area contributed by atoms with E-state index in [0.717, 1.165) is 23.5 Å². The minimum atomic E-state index is 0.0220. The maximum Gasteiger partial charge on any atom is 0.255 e. The number of aromatic nitrogens is 3. The number of carbonyl (C=O) groups is 1. The molecule has 2 aromatic heterocycles. The molecule has 3 heterocycles. The summed E-state index contributed by atoms with van der Waals surface area (Å²) in [6.07, 6.45) is 6.68. The average Bonchev–Trinajstić information content (AvgIpc) is 2.56. The molecule has 1 saturated heterocycles. The third-order valence-electron chi connectivity index (χ3n) is 3.41. The molecular formula is C14H14BrN5O. The lowest BCUT2D eigenvalue weighted by Crippen LogP contribution is -2.49. The number of anilines is 1. The summed E-state index contributed by atoms with van der Waals surface area (Å²) in [6, 6.07) is 3.57. The smallest absolute Gasteiger partial charge is 0.255 e. The van der Waals surface area contributed by atoms with Gasteiger partial charge in [0, 0.05) is 44.8 Å². The van der Waals surface area contributed by atoms with Crippen molar-refractivity contribution in [3.63, 3.8) is 0 Å². The number of halogens is 1. The lowest BCUT2D eigenvalue weighted by molar-refractivity contribution is 0.0746.